The van der Waals surface area contributed by atoms with Crippen LogP contribution in [0.5, 0.6) is 0 Å². The van der Waals surface area contributed by atoms with Gasteiger partial charge in [-0.3, -0.25) is 0 Å². The van der Waals surface area contributed by atoms with Crippen LogP contribution >= 0.6 is 0 Å². The van der Waals surface area contributed by atoms with Gasteiger partial charge in [0.25, 0.3) is 16.6 Å². The van der Waals surface area contributed by atoms with Crippen molar-refractivity contribution in [1.29, 1.82) is 0 Å². The molecule has 54 heavy (non-hydrogen) atoms. The maximum absolute atomic E-state index is 7.67. The molecular weight excluding hydrogens is 709 g/mol. The Labute approximate surface area is 332 Å². The number of hydrogen-bond donors (Lipinski definition) is 0. The van der Waals surface area contributed by atoms with Gasteiger partial charge >= 0.3 is 0 Å². The van der Waals surface area contributed by atoms with Gasteiger partial charge in [0, 0.05) is 0 Å². The fraction of sp³-hybridized carbons (Fsp3) is 0.417. The van der Waals surface area contributed by atoms with E-state index in [0.29, 0.717) is 6.61 Å². The van der Waals surface area contributed by atoms with Crippen LogP contribution in [0.25, 0.3) is 0 Å². The summed E-state index contributed by atoms with van der Waals surface area (Å²) in [4.78, 5) is 0. The monoisotopic (exact) mass is 776 g/mol. The smallest absolute Gasteiger partial charge is 0.261 e. The van der Waals surface area contributed by atoms with Crippen LogP contribution in [-0.4, -0.2) is 43.8 Å². The highest BCUT2D eigenvalue weighted by atomic mass is 28.4. The summed E-state index contributed by atoms with van der Waals surface area (Å²) in [6.07, 6.45) is 10.4. The van der Waals surface area contributed by atoms with Gasteiger partial charge in [0.1, 0.15) is 0 Å². The van der Waals surface area contributed by atoms with Gasteiger partial charge in [-0.15, -0.1) is 0 Å². The Morgan fingerprint density at radius 2 is 0.889 bits per heavy atom. The number of rotatable bonds is 16. The number of allylic oxidation sites excluding steroid dienone is 2. The molecule has 0 bridgehead atoms. The van der Waals surface area contributed by atoms with Crippen molar-refractivity contribution in [2.45, 2.75) is 122 Å². The fourth-order valence-corrected chi connectivity index (χ4v) is 17.7. The highest BCUT2D eigenvalue weighted by Crippen LogP contribution is 2.40. The zero-order valence-corrected chi connectivity index (χ0v) is 38.4. The summed E-state index contributed by atoms with van der Waals surface area (Å²) in [7, 11) is -7.50. The first-order valence-electron chi connectivity index (χ1n) is 19.9. The van der Waals surface area contributed by atoms with E-state index in [1.807, 2.05) is 0 Å². The summed E-state index contributed by atoms with van der Waals surface area (Å²) in [6.45, 7) is 28.4. The molecule has 4 rings (SSSR count). The van der Waals surface area contributed by atoms with Gasteiger partial charge in [-0.05, 0) is 61.8 Å². The van der Waals surface area contributed by atoms with E-state index in [1.165, 1.54) is 20.7 Å². The normalized spacial score (nSPS) is 14.8. The molecule has 0 amide bonds. The minimum absolute atomic E-state index is 0.0352. The van der Waals surface area contributed by atoms with Crippen LogP contribution < -0.4 is 20.7 Å². The predicted molar refractivity (Wildman–Crippen MR) is 241 cm³/mol. The van der Waals surface area contributed by atoms with Crippen LogP contribution in [0.2, 0.25) is 28.2 Å². The molecule has 0 radical (unpaired) electrons. The van der Waals surface area contributed by atoms with Crippen molar-refractivity contribution < 1.29 is 13.3 Å². The first-order valence-corrected chi connectivity index (χ1v) is 26.7. The average molecular weight is 777 g/mol. The molecule has 6 heteroatoms. The third-order valence-electron chi connectivity index (χ3n) is 11.3. The molecule has 0 saturated carbocycles. The Hall–Kier alpha value is -3.11. The van der Waals surface area contributed by atoms with Crippen LogP contribution in [0.15, 0.2) is 146 Å². The molecule has 4 aromatic rings. The molecule has 0 aliphatic rings. The van der Waals surface area contributed by atoms with Crippen molar-refractivity contribution in [3.63, 3.8) is 0 Å². The minimum atomic E-state index is -2.79. The molecule has 290 valence electrons. The second-order valence-corrected chi connectivity index (χ2v) is 31.6. The van der Waals surface area contributed by atoms with Gasteiger partial charge in [-0.2, -0.15) is 0 Å². The highest BCUT2D eigenvalue weighted by molar-refractivity contribution is 7.00. The van der Waals surface area contributed by atoms with Gasteiger partial charge in [-0.25, -0.2) is 0 Å². The molecule has 0 aromatic heterocycles. The lowest BCUT2D eigenvalue weighted by molar-refractivity contribution is 0.113. The van der Waals surface area contributed by atoms with Crippen LogP contribution in [0.4, 0.5) is 0 Å². The first kappa shape index (κ1) is 43.6. The average Bonchev–Trinajstić information content (AvgIpc) is 3.13. The summed E-state index contributed by atoms with van der Waals surface area (Å²) < 4.78 is 22.1. The summed E-state index contributed by atoms with van der Waals surface area (Å²) in [5, 5.41) is 5.08. The van der Waals surface area contributed by atoms with E-state index in [0.717, 1.165) is 12.8 Å². The number of benzene rings is 4. The molecule has 0 fully saturated rings. The Morgan fingerprint density at radius 3 is 1.22 bits per heavy atom. The lowest BCUT2D eigenvalue weighted by Gasteiger charge is -2.46. The molecule has 0 N–H and O–H groups in total. The van der Waals surface area contributed by atoms with Crippen molar-refractivity contribution in [3.8, 4) is 0 Å². The second kappa shape index (κ2) is 18.2. The van der Waals surface area contributed by atoms with Crippen molar-refractivity contribution in [3.05, 3.63) is 146 Å². The summed E-state index contributed by atoms with van der Waals surface area (Å²) >= 11 is 0. The highest BCUT2D eigenvalue weighted by Gasteiger charge is 2.52. The molecule has 2 atom stereocenters. The van der Waals surface area contributed by atoms with E-state index in [4.69, 9.17) is 13.3 Å². The maximum Gasteiger partial charge on any atom is 0.261 e. The summed E-state index contributed by atoms with van der Waals surface area (Å²) in [5.41, 5.74) is 0. The molecule has 3 nitrogen and oxygen atoms in total. The molecule has 0 aliphatic carbocycles. The number of hydrogen-bond acceptors (Lipinski definition) is 3. The minimum Gasteiger partial charge on any atom is -0.414 e. The lowest BCUT2D eigenvalue weighted by atomic mass is 10.2. The molecule has 0 aliphatic heterocycles. The van der Waals surface area contributed by atoms with E-state index in [9.17, 15) is 0 Å². The zero-order valence-electron chi connectivity index (χ0n) is 35.4. The molecule has 0 saturated heterocycles. The molecular formula is C48H68O3Si3. The molecule has 0 heterocycles. The predicted octanol–water partition coefficient (Wildman–Crippen LogP) is 10.8. The van der Waals surface area contributed by atoms with Gasteiger partial charge in [0.2, 0.25) is 0 Å². The second-order valence-electron chi connectivity index (χ2n) is 18.3. The van der Waals surface area contributed by atoms with Crippen molar-refractivity contribution in [2.24, 2.45) is 0 Å². The first-order chi connectivity index (χ1) is 25.4. The van der Waals surface area contributed by atoms with Gasteiger partial charge in [0.15, 0.2) is 8.32 Å². The van der Waals surface area contributed by atoms with E-state index < -0.39 is 25.0 Å². The Bertz CT molecular complexity index is 1670. The summed E-state index contributed by atoms with van der Waals surface area (Å²) in [6, 6.07) is 43.7. The van der Waals surface area contributed by atoms with Crippen molar-refractivity contribution in [1.82, 2.24) is 0 Å². The Morgan fingerprint density at radius 1 is 0.519 bits per heavy atom. The standard InChI is InChI=1S/C48H68O3Si3/c1-13-40(50-53(47(5,6)7,42-31-21-15-22-32-42)43-33-23-16-24-34-43)29-19-14-20-30-41(39-49-52(11,12)46(2,3)4)51-54(48(8,9)10,44-35-25-17-26-36-44)45-37-27-18-28-38-45/h14-29,31-38,40-41H,13,30,39H2,1-12H3/b20-14-,29-19+/t40-,41-/m1/s1. The van der Waals surface area contributed by atoms with E-state index >= 15 is 0 Å². The van der Waals surface area contributed by atoms with E-state index in [-0.39, 0.29) is 27.3 Å². The third-order valence-corrected chi connectivity index (χ3v) is 26.0. The fourth-order valence-electron chi connectivity index (χ4n) is 7.28. The van der Waals surface area contributed by atoms with Crippen LogP contribution in [0.3, 0.4) is 0 Å². The van der Waals surface area contributed by atoms with E-state index in [2.05, 4.69) is 228 Å². The molecule has 4 aromatic carbocycles. The molecule has 0 spiro atoms. The van der Waals surface area contributed by atoms with Crippen LogP contribution in [0.1, 0.15) is 82.1 Å². The largest absolute Gasteiger partial charge is 0.414 e. The van der Waals surface area contributed by atoms with E-state index in [1.54, 1.807) is 0 Å². The van der Waals surface area contributed by atoms with Crippen LogP contribution in [-0.2, 0) is 13.3 Å². The van der Waals surface area contributed by atoms with Crippen molar-refractivity contribution in [2.75, 3.05) is 6.61 Å². The summed E-state index contributed by atoms with van der Waals surface area (Å²) in [5.74, 6) is 0. The Balaban J connectivity index is 1.68. The zero-order chi connectivity index (χ0) is 39.7. The topological polar surface area (TPSA) is 27.7 Å². The molecule has 0 unspecified atom stereocenters. The van der Waals surface area contributed by atoms with Gasteiger partial charge < -0.3 is 13.3 Å². The Kier molecular flexibility index (Phi) is 14.7. The third kappa shape index (κ3) is 10.0. The quantitative estimate of drug-likeness (QED) is 0.0838. The van der Waals surface area contributed by atoms with Crippen LogP contribution in [0, 0.1) is 0 Å². The van der Waals surface area contributed by atoms with Gasteiger partial charge in [-0.1, -0.05) is 215 Å². The SMILES string of the molecule is CC[C@H](/C=C/C=C\C[C@H](CO[Si](C)(C)C(C)(C)C)O[Si](c1ccccc1)(c1ccccc1)C(C)(C)C)O[Si](c1ccccc1)(c1ccccc1)C(C)(C)C. The maximum atomic E-state index is 7.67. The lowest BCUT2D eigenvalue weighted by Crippen LogP contribution is -2.68. The van der Waals surface area contributed by atoms with Gasteiger partial charge in [0.05, 0.1) is 18.8 Å². The van der Waals surface area contributed by atoms with Crippen molar-refractivity contribution >= 4 is 45.7 Å².